The Kier molecular flexibility index (Phi) is 6.70. The number of nitrogens with one attached hydrogen (secondary N) is 2. The summed E-state index contributed by atoms with van der Waals surface area (Å²) in [7, 11) is 0. The second-order valence-electron chi connectivity index (χ2n) is 6.49. The molecule has 3 aromatic rings. The molecule has 0 saturated heterocycles. The van der Waals surface area contributed by atoms with Gasteiger partial charge in [0, 0.05) is 23.9 Å². The first-order valence-electron chi connectivity index (χ1n) is 9.31. The first-order valence-corrected chi connectivity index (χ1v) is 9.31. The lowest BCUT2D eigenvalue weighted by molar-refractivity contribution is -0.117. The van der Waals surface area contributed by atoms with Gasteiger partial charge in [-0.3, -0.25) is 14.5 Å². The van der Waals surface area contributed by atoms with Crippen LogP contribution in [0.15, 0.2) is 59.1 Å². The Labute approximate surface area is 168 Å². The first-order chi connectivity index (χ1) is 14.0. The molecular weight excluding hydrogens is 370 g/mol. The van der Waals surface area contributed by atoms with Gasteiger partial charge in [-0.05, 0) is 30.8 Å². The smallest absolute Gasteiger partial charge is 0.241 e. The third kappa shape index (κ3) is 5.98. The molecule has 8 nitrogen and oxygen atoms in total. The highest BCUT2D eigenvalue weighted by Crippen LogP contribution is 2.16. The lowest BCUT2D eigenvalue weighted by Gasteiger charge is -2.17. The van der Waals surface area contributed by atoms with Crippen LogP contribution in [0.5, 0.6) is 0 Å². The summed E-state index contributed by atoms with van der Waals surface area (Å²) in [5.74, 6) is 0.692. The van der Waals surface area contributed by atoms with Crippen LogP contribution in [0.4, 0.5) is 11.4 Å². The molecule has 8 heteroatoms. The van der Waals surface area contributed by atoms with Crippen LogP contribution < -0.4 is 10.6 Å². The fraction of sp³-hybridized carbons (Fsp3) is 0.238. The number of aromatic nitrogens is 2. The summed E-state index contributed by atoms with van der Waals surface area (Å²) < 4.78 is 5.33. The molecule has 0 aliphatic carbocycles. The standard InChI is InChI=1S/C21H23N5O3/c1-3-26(14-20-24-21(25-29-20)16-7-5-4-6-8-16)13-19(28)23-18-11-9-17(10-12-18)22-15(2)27/h4-12H,3,13-14H2,1-2H3,(H,22,27)(H,23,28). The van der Waals surface area contributed by atoms with E-state index in [4.69, 9.17) is 4.52 Å². The molecule has 0 fully saturated rings. The number of hydrogen-bond donors (Lipinski definition) is 2. The molecule has 2 aromatic carbocycles. The number of amides is 2. The van der Waals surface area contributed by atoms with Gasteiger partial charge in [-0.15, -0.1) is 0 Å². The van der Waals surface area contributed by atoms with Crippen molar-refractivity contribution < 1.29 is 14.1 Å². The molecule has 0 unspecified atom stereocenters. The van der Waals surface area contributed by atoms with E-state index in [1.165, 1.54) is 6.92 Å². The zero-order valence-corrected chi connectivity index (χ0v) is 16.4. The summed E-state index contributed by atoms with van der Waals surface area (Å²) in [6, 6.07) is 16.5. The predicted molar refractivity (Wildman–Crippen MR) is 110 cm³/mol. The minimum Gasteiger partial charge on any atom is -0.338 e. The Morgan fingerprint density at radius 2 is 1.66 bits per heavy atom. The summed E-state index contributed by atoms with van der Waals surface area (Å²) in [4.78, 5) is 29.7. The third-order valence-corrected chi connectivity index (χ3v) is 4.16. The van der Waals surface area contributed by atoms with Gasteiger partial charge in [0.15, 0.2) is 0 Å². The van der Waals surface area contributed by atoms with Crippen molar-refractivity contribution in [1.29, 1.82) is 0 Å². The van der Waals surface area contributed by atoms with Crippen molar-refractivity contribution in [2.75, 3.05) is 23.7 Å². The number of rotatable bonds is 8. The second kappa shape index (κ2) is 9.61. The normalized spacial score (nSPS) is 10.7. The second-order valence-corrected chi connectivity index (χ2v) is 6.49. The van der Waals surface area contributed by atoms with Gasteiger partial charge < -0.3 is 15.2 Å². The zero-order valence-electron chi connectivity index (χ0n) is 16.4. The summed E-state index contributed by atoms with van der Waals surface area (Å²) in [6.45, 7) is 4.63. The number of carbonyl (C=O) groups excluding carboxylic acids is 2. The largest absolute Gasteiger partial charge is 0.338 e. The Morgan fingerprint density at radius 3 is 2.28 bits per heavy atom. The van der Waals surface area contributed by atoms with Crippen molar-refractivity contribution in [3.8, 4) is 11.4 Å². The van der Waals surface area contributed by atoms with Gasteiger partial charge in [0.2, 0.25) is 23.5 Å². The molecule has 1 heterocycles. The van der Waals surface area contributed by atoms with Crippen molar-refractivity contribution in [3.05, 3.63) is 60.5 Å². The van der Waals surface area contributed by atoms with Gasteiger partial charge in [-0.1, -0.05) is 42.4 Å². The van der Waals surface area contributed by atoms with Crippen LogP contribution in [0.1, 0.15) is 19.7 Å². The molecule has 2 amide bonds. The van der Waals surface area contributed by atoms with Crippen LogP contribution in [0, 0.1) is 0 Å². The van der Waals surface area contributed by atoms with Crippen molar-refractivity contribution in [2.24, 2.45) is 0 Å². The maximum absolute atomic E-state index is 12.4. The van der Waals surface area contributed by atoms with Crippen molar-refractivity contribution in [2.45, 2.75) is 20.4 Å². The van der Waals surface area contributed by atoms with Gasteiger partial charge in [0.1, 0.15) is 0 Å². The summed E-state index contributed by atoms with van der Waals surface area (Å²) in [5.41, 5.74) is 2.21. The van der Waals surface area contributed by atoms with Crippen LogP contribution in [-0.2, 0) is 16.1 Å². The maximum atomic E-state index is 12.4. The van der Waals surface area contributed by atoms with Gasteiger partial charge in [0.05, 0.1) is 13.1 Å². The molecule has 150 valence electrons. The molecule has 1 aromatic heterocycles. The van der Waals surface area contributed by atoms with Gasteiger partial charge >= 0.3 is 0 Å². The van der Waals surface area contributed by atoms with Crippen molar-refractivity contribution in [3.63, 3.8) is 0 Å². The van der Waals surface area contributed by atoms with Gasteiger partial charge in [-0.2, -0.15) is 4.98 Å². The SMILES string of the molecule is CCN(CC(=O)Nc1ccc(NC(C)=O)cc1)Cc1nc(-c2ccccc2)no1. The van der Waals surface area contributed by atoms with E-state index in [0.717, 1.165) is 5.56 Å². The van der Waals surface area contributed by atoms with E-state index in [0.29, 0.717) is 36.2 Å². The van der Waals surface area contributed by atoms with E-state index >= 15 is 0 Å². The van der Waals surface area contributed by atoms with Gasteiger partial charge in [-0.25, -0.2) is 0 Å². The lowest BCUT2D eigenvalue weighted by atomic mass is 10.2. The highest BCUT2D eigenvalue weighted by molar-refractivity contribution is 5.93. The summed E-state index contributed by atoms with van der Waals surface area (Å²) >= 11 is 0. The number of carbonyl (C=O) groups is 2. The first kappa shape index (κ1) is 20.2. The van der Waals surface area contributed by atoms with Crippen LogP contribution in [0.25, 0.3) is 11.4 Å². The maximum Gasteiger partial charge on any atom is 0.241 e. The molecule has 0 aliphatic rings. The fourth-order valence-electron chi connectivity index (χ4n) is 2.74. The minimum atomic E-state index is -0.151. The Hall–Kier alpha value is -3.52. The average molecular weight is 393 g/mol. The third-order valence-electron chi connectivity index (χ3n) is 4.16. The van der Waals surface area contributed by atoms with Crippen molar-refractivity contribution in [1.82, 2.24) is 15.0 Å². The Morgan fingerprint density at radius 1 is 1.00 bits per heavy atom. The highest BCUT2D eigenvalue weighted by Gasteiger charge is 2.15. The molecule has 0 saturated carbocycles. The number of benzene rings is 2. The number of nitrogens with zero attached hydrogens (tertiary/aromatic N) is 3. The van der Waals surface area contributed by atoms with E-state index in [1.54, 1.807) is 24.3 Å². The van der Waals surface area contributed by atoms with Crippen LogP contribution >= 0.6 is 0 Å². The Bertz CT molecular complexity index is 954. The summed E-state index contributed by atoms with van der Waals surface area (Å²) in [6.07, 6.45) is 0. The van der Waals surface area contributed by atoms with Crippen molar-refractivity contribution >= 4 is 23.2 Å². The molecule has 3 rings (SSSR count). The number of hydrogen-bond acceptors (Lipinski definition) is 6. The topological polar surface area (TPSA) is 100 Å². The van der Waals surface area contributed by atoms with Crippen LogP contribution in [0.2, 0.25) is 0 Å². The molecule has 0 aliphatic heterocycles. The van der Waals surface area contributed by atoms with Crippen LogP contribution in [0.3, 0.4) is 0 Å². The molecule has 2 N–H and O–H groups in total. The quantitative estimate of drug-likeness (QED) is 0.610. The molecular formula is C21H23N5O3. The molecule has 0 spiro atoms. The molecule has 0 bridgehead atoms. The lowest BCUT2D eigenvalue weighted by Crippen LogP contribution is -2.32. The average Bonchev–Trinajstić information content (AvgIpc) is 3.18. The molecule has 0 radical (unpaired) electrons. The van der Waals surface area contributed by atoms with E-state index < -0.39 is 0 Å². The fourth-order valence-corrected chi connectivity index (χ4v) is 2.74. The Balaban J connectivity index is 1.55. The zero-order chi connectivity index (χ0) is 20.6. The minimum absolute atomic E-state index is 0.142. The molecule has 0 atom stereocenters. The predicted octanol–water partition coefficient (Wildman–Crippen LogP) is 3.16. The van der Waals surface area contributed by atoms with Gasteiger partial charge in [0.25, 0.3) is 0 Å². The van der Waals surface area contributed by atoms with E-state index in [1.807, 2.05) is 42.2 Å². The van der Waals surface area contributed by atoms with Crippen LogP contribution in [-0.4, -0.2) is 39.9 Å². The number of likely N-dealkylation sites (N-methyl/N-ethyl adjacent to an activating group) is 1. The van der Waals surface area contributed by atoms with E-state index in [-0.39, 0.29) is 18.4 Å². The molecule has 29 heavy (non-hydrogen) atoms. The monoisotopic (exact) mass is 393 g/mol. The highest BCUT2D eigenvalue weighted by atomic mass is 16.5. The van der Waals surface area contributed by atoms with E-state index in [2.05, 4.69) is 20.8 Å². The number of anilines is 2. The summed E-state index contributed by atoms with van der Waals surface area (Å²) in [5, 5.41) is 9.53. The van der Waals surface area contributed by atoms with E-state index in [9.17, 15) is 9.59 Å².